The minimum atomic E-state index is -0.506. The van der Waals surface area contributed by atoms with Gasteiger partial charge in [0.2, 0.25) is 11.0 Å². The number of aryl methyl sites for hydroxylation is 1. The fourth-order valence-electron chi connectivity index (χ4n) is 3.37. The second-order valence-electron chi connectivity index (χ2n) is 6.32. The van der Waals surface area contributed by atoms with Crippen molar-refractivity contribution in [2.24, 2.45) is 5.92 Å². The van der Waals surface area contributed by atoms with Gasteiger partial charge in [-0.05, 0) is 19.3 Å². The molecule has 1 N–H and O–H groups in total. The van der Waals surface area contributed by atoms with Gasteiger partial charge in [-0.1, -0.05) is 25.7 Å². The Morgan fingerprint density at radius 3 is 2.83 bits per heavy atom. The van der Waals surface area contributed by atoms with E-state index in [1.165, 1.54) is 18.9 Å². The molecular weight excluding hydrogens is 328 g/mol. The van der Waals surface area contributed by atoms with Crippen LogP contribution in [0.3, 0.4) is 0 Å². The maximum Gasteiger partial charge on any atom is 0.251 e. The molecule has 2 heterocycles. The Hall–Kier alpha value is -1.96. The Balaban J connectivity index is 1.73. The predicted molar refractivity (Wildman–Crippen MR) is 90.4 cm³/mol. The summed E-state index contributed by atoms with van der Waals surface area (Å²) in [7, 11) is 1.54. The summed E-state index contributed by atoms with van der Waals surface area (Å²) in [6.45, 7) is 2.12. The van der Waals surface area contributed by atoms with Gasteiger partial charge in [0.1, 0.15) is 17.6 Å². The van der Waals surface area contributed by atoms with Gasteiger partial charge in [-0.3, -0.25) is 14.9 Å². The molecule has 1 aromatic heterocycles. The number of hydrogen-bond donors (Lipinski definition) is 1. The van der Waals surface area contributed by atoms with Crippen LogP contribution in [0.25, 0.3) is 0 Å². The van der Waals surface area contributed by atoms with Crippen molar-refractivity contribution in [2.75, 3.05) is 19.0 Å². The summed E-state index contributed by atoms with van der Waals surface area (Å²) < 4.78 is 9.25. The number of amides is 2. The Morgan fingerprint density at radius 1 is 1.50 bits per heavy atom. The molecule has 1 aliphatic carbocycles. The molecule has 24 heavy (non-hydrogen) atoms. The second kappa shape index (κ2) is 7.29. The van der Waals surface area contributed by atoms with Gasteiger partial charge in [-0.2, -0.15) is 4.37 Å². The van der Waals surface area contributed by atoms with Crippen LogP contribution in [0.2, 0.25) is 0 Å². The maximum absolute atomic E-state index is 12.8. The Kier molecular flexibility index (Phi) is 5.13. The first-order chi connectivity index (χ1) is 11.6. The fraction of sp³-hybridized carbons (Fsp3) is 0.625. The second-order valence-corrected chi connectivity index (χ2v) is 7.07. The molecule has 3 rings (SSSR count). The number of methoxy groups -OCH3 is 1. The number of anilines is 1. The normalized spacial score (nSPS) is 19.5. The molecule has 0 saturated heterocycles. The lowest BCUT2D eigenvalue weighted by Gasteiger charge is -2.28. The zero-order valence-electron chi connectivity index (χ0n) is 13.9. The summed E-state index contributed by atoms with van der Waals surface area (Å²) in [6, 6.07) is -0.506. The van der Waals surface area contributed by atoms with E-state index in [9.17, 15) is 9.59 Å². The van der Waals surface area contributed by atoms with Gasteiger partial charge >= 0.3 is 0 Å². The number of carbonyl (C=O) groups is 2. The van der Waals surface area contributed by atoms with Crippen molar-refractivity contribution < 1.29 is 14.3 Å². The third-order valence-corrected chi connectivity index (χ3v) is 5.35. The van der Waals surface area contributed by atoms with Crippen LogP contribution in [0.5, 0.6) is 0 Å². The molecule has 2 aliphatic rings. The number of rotatable bonds is 6. The molecule has 1 aromatic rings. The topological polar surface area (TPSA) is 84.4 Å². The van der Waals surface area contributed by atoms with Crippen molar-refractivity contribution in [1.82, 2.24) is 14.3 Å². The van der Waals surface area contributed by atoms with Crippen LogP contribution < -0.4 is 5.32 Å². The van der Waals surface area contributed by atoms with E-state index in [0.29, 0.717) is 35.6 Å². The van der Waals surface area contributed by atoms with E-state index in [4.69, 9.17) is 4.74 Å². The van der Waals surface area contributed by atoms with Gasteiger partial charge < -0.3 is 9.64 Å². The quantitative estimate of drug-likeness (QED) is 0.849. The first kappa shape index (κ1) is 16.9. The fourth-order valence-corrected chi connectivity index (χ4v) is 3.95. The SMILES string of the molecule is COC1=CC(=O)N([C@@H](CC2CCCC2)C(=O)Nc2nc(C)ns2)C1. The molecule has 7 nitrogen and oxygen atoms in total. The molecule has 1 aliphatic heterocycles. The highest BCUT2D eigenvalue weighted by atomic mass is 32.1. The van der Waals surface area contributed by atoms with Gasteiger partial charge in [-0.15, -0.1) is 0 Å². The lowest BCUT2D eigenvalue weighted by atomic mass is 9.97. The Morgan fingerprint density at radius 2 is 2.25 bits per heavy atom. The van der Waals surface area contributed by atoms with Crippen molar-refractivity contribution in [2.45, 2.75) is 45.1 Å². The summed E-state index contributed by atoms with van der Waals surface area (Å²) in [5.41, 5.74) is 0. The van der Waals surface area contributed by atoms with E-state index in [0.717, 1.165) is 24.4 Å². The number of aromatic nitrogens is 2. The lowest BCUT2D eigenvalue weighted by molar-refractivity contribution is -0.134. The number of ether oxygens (including phenoxy) is 1. The molecular formula is C16H22N4O3S. The molecule has 130 valence electrons. The molecule has 0 radical (unpaired) electrons. The number of carbonyl (C=O) groups excluding carboxylic acids is 2. The van der Waals surface area contributed by atoms with Crippen LogP contribution in [0.1, 0.15) is 37.9 Å². The maximum atomic E-state index is 12.8. The molecule has 0 spiro atoms. The highest BCUT2D eigenvalue weighted by Crippen LogP contribution is 2.31. The molecule has 1 fully saturated rings. The van der Waals surface area contributed by atoms with Gasteiger partial charge in [-0.25, -0.2) is 4.98 Å². The highest BCUT2D eigenvalue weighted by molar-refractivity contribution is 7.09. The van der Waals surface area contributed by atoms with E-state index in [2.05, 4.69) is 14.7 Å². The molecule has 0 unspecified atom stereocenters. The van der Waals surface area contributed by atoms with Crippen LogP contribution in [-0.4, -0.2) is 45.8 Å². The minimum Gasteiger partial charge on any atom is -0.499 e. The Labute approximate surface area is 145 Å². The van der Waals surface area contributed by atoms with Gasteiger partial charge in [0.15, 0.2) is 0 Å². The van der Waals surface area contributed by atoms with E-state index >= 15 is 0 Å². The first-order valence-electron chi connectivity index (χ1n) is 8.23. The molecule has 0 aromatic carbocycles. The van der Waals surface area contributed by atoms with E-state index in [-0.39, 0.29) is 11.8 Å². The zero-order chi connectivity index (χ0) is 17.1. The van der Waals surface area contributed by atoms with Gasteiger partial charge in [0, 0.05) is 17.6 Å². The third kappa shape index (κ3) is 3.75. The molecule has 1 saturated carbocycles. The van der Waals surface area contributed by atoms with Crippen molar-refractivity contribution in [3.63, 3.8) is 0 Å². The first-order valence-corrected chi connectivity index (χ1v) is 9.00. The molecule has 8 heteroatoms. The number of nitrogens with zero attached hydrogens (tertiary/aromatic N) is 3. The summed E-state index contributed by atoms with van der Waals surface area (Å²) in [4.78, 5) is 30.9. The summed E-state index contributed by atoms with van der Waals surface area (Å²) in [6.07, 6.45) is 6.78. The van der Waals surface area contributed by atoms with Crippen LogP contribution in [-0.2, 0) is 14.3 Å². The highest BCUT2D eigenvalue weighted by Gasteiger charge is 2.36. The monoisotopic (exact) mass is 350 g/mol. The molecule has 0 bridgehead atoms. The zero-order valence-corrected chi connectivity index (χ0v) is 14.8. The summed E-state index contributed by atoms with van der Waals surface area (Å²) in [5, 5.41) is 3.29. The number of hydrogen-bond acceptors (Lipinski definition) is 6. The smallest absolute Gasteiger partial charge is 0.251 e. The minimum absolute atomic E-state index is 0.168. The van der Waals surface area contributed by atoms with E-state index in [1.807, 2.05) is 0 Å². The lowest BCUT2D eigenvalue weighted by Crippen LogP contribution is -2.46. The van der Waals surface area contributed by atoms with Crippen LogP contribution in [0.15, 0.2) is 11.8 Å². The molecule has 2 amide bonds. The van der Waals surface area contributed by atoms with Crippen molar-refractivity contribution >= 4 is 28.5 Å². The van der Waals surface area contributed by atoms with Crippen LogP contribution >= 0.6 is 11.5 Å². The predicted octanol–water partition coefficient (Wildman–Crippen LogP) is 2.11. The summed E-state index contributed by atoms with van der Waals surface area (Å²) in [5.74, 6) is 1.34. The summed E-state index contributed by atoms with van der Waals surface area (Å²) >= 11 is 1.15. The van der Waals surface area contributed by atoms with Crippen molar-refractivity contribution in [1.29, 1.82) is 0 Å². The van der Waals surface area contributed by atoms with E-state index in [1.54, 1.807) is 18.9 Å². The van der Waals surface area contributed by atoms with Gasteiger partial charge in [0.05, 0.1) is 13.7 Å². The Bertz CT molecular complexity index is 652. The average molecular weight is 350 g/mol. The largest absolute Gasteiger partial charge is 0.499 e. The molecule has 1 atom stereocenters. The third-order valence-electron chi connectivity index (χ3n) is 4.62. The number of nitrogens with one attached hydrogen (secondary N) is 1. The standard InChI is InChI=1S/C16H22N4O3S/c1-10-17-16(24-19-10)18-15(22)13(7-11-5-3-4-6-11)20-9-12(23-2)8-14(20)21/h8,11,13H,3-7,9H2,1-2H3,(H,17,18,19,22)/t13-/m0/s1. The van der Waals surface area contributed by atoms with Gasteiger partial charge in [0.25, 0.3) is 5.91 Å². The average Bonchev–Trinajstić information content (AvgIpc) is 3.27. The van der Waals surface area contributed by atoms with Crippen molar-refractivity contribution in [3.05, 3.63) is 17.7 Å². The van der Waals surface area contributed by atoms with Crippen molar-refractivity contribution in [3.8, 4) is 0 Å². The van der Waals surface area contributed by atoms with E-state index < -0.39 is 6.04 Å². The van der Waals surface area contributed by atoms with Crippen LogP contribution in [0, 0.1) is 12.8 Å². The van der Waals surface area contributed by atoms with Crippen LogP contribution in [0.4, 0.5) is 5.13 Å².